The first-order valence-electron chi connectivity index (χ1n) is 5.98. The van der Waals surface area contributed by atoms with E-state index in [1.165, 1.54) is 22.6 Å². The lowest BCUT2D eigenvalue weighted by molar-refractivity contribution is 0.442. The van der Waals surface area contributed by atoms with Crippen molar-refractivity contribution in [3.63, 3.8) is 0 Å². The number of hydrogen-bond acceptors (Lipinski definition) is 2. The minimum Gasteiger partial charge on any atom is -0.313 e. The van der Waals surface area contributed by atoms with Crippen LogP contribution in [0.1, 0.15) is 49.3 Å². The summed E-state index contributed by atoms with van der Waals surface area (Å²) in [4.78, 5) is 2.94. The molecule has 0 fully saturated rings. The number of aryl methyl sites for hydroxylation is 1. The van der Waals surface area contributed by atoms with Gasteiger partial charge in [-0.1, -0.05) is 20.8 Å². The third-order valence-corrected chi connectivity index (χ3v) is 4.11. The second-order valence-corrected chi connectivity index (χ2v) is 5.53. The zero-order valence-corrected chi connectivity index (χ0v) is 11.2. The van der Waals surface area contributed by atoms with Crippen molar-refractivity contribution in [2.24, 2.45) is 0 Å². The number of nitrogens with one attached hydrogen (secondary N) is 1. The Morgan fingerprint density at radius 2 is 2.07 bits per heavy atom. The van der Waals surface area contributed by atoms with Gasteiger partial charge < -0.3 is 5.32 Å². The van der Waals surface area contributed by atoms with Gasteiger partial charge >= 0.3 is 0 Å². The van der Waals surface area contributed by atoms with Crippen molar-refractivity contribution in [3.05, 3.63) is 21.9 Å². The highest BCUT2D eigenvalue weighted by atomic mass is 32.1. The van der Waals surface area contributed by atoms with E-state index in [9.17, 15) is 0 Å². The molecule has 1 aromatic heterocycles. The van der Waals surface area contributed by atoms with Crippen molar-refractivity contribution >= 4 is 11.3 Å². The van der Waals surface area contributed by atoms with Crippen molar-refractivity contribution < 1.29 is 0 Å². The molecular weight excluding hydrogens is 202 g/mol. The van der Waals surface area contributed by atoms with Crippen LogP contribution in [0.5, 0.6) is 0 Å². The van der Waals surface area contributed by atoms with E-state index in [4.69, 9.17) is 0 Å². The summed E-state index contributed by atoms with van der Waals surface area (Å²) in [7, 11) is 0. The Kier molecular flexibility index (Phi) is 5.34. The van der Waals surface area contributed by atoms with Gasteiger partial charge in [0.25, 0.3) is 0 Å². The maximum Gasteiger partial charge on any atom is 0.0138 e. The summed E-state index contributed by atoms with van der Waals surface area (Å²) >= 11 is 1.93. The molecule has 0 aliphatic rings. The fourth-order valence-corrected chi connectivity index (χ4v) is 2.89. The maximum atomic E-state index is 3.63. The van der Waals surface area contributed by atoms with E-state index in [0.29, 0.717) is 12.0 Å². The van der Waals surface area contributed by atoms with Crippen LogP contribution < -0.4 is 5.32 Å². The summed E-state index contributed by atoms with van der Waals surface area (Å²) < 4.78 is 0. The third-order valence-electron chi connectivity index (χ3n) is 2.91. The quantitative estimate of drug-likeness (QED) is 0.773. The zero-order chi connectivity index (χ0) is 11.3. The van der Waals surface area contributed by atoms with Gasteiger partial charge in [0.2, 0.25) is 0 Å². The Morgan fingerprint density at radius 1 is 1.33 bits per heavy atom. The minimum atomic E-state index is 0.628. The predicted molar refractivity (Wildman–Crippen MR) is 69.8 cm³/mol. The molecule has 1 nitrogen and oxygen atoms in total. The summed E-state index contributed by atoms with van der Waals surface area (Å²) in [6, 6.07) is 5.13. The van der Waals surface area contributed by atoms with Crippen LogP contribution in [-0.4, -0.2) is 12.6 Å². The van der Waals surface area contributed by atoms with E-state index in [-0.39, 0.29) is 0 Å². The molecule has 0 aliphatic heterocycles. The summed E-state index contributed by atoms with van der Waals surface area (Å²) in [5.41, 5.74) is 0. The normalized spacial score (nSPS) is 15.2. The largest absolute Gasteiger partial charge is 0.313 e. The first kappa shape index (κ1) is 12.7. The van der Waals surface area contributed by atoms with Gasteiger partial charge in [-0.15, -0.1) is 11.3 Å². The van der Waals surface area contributed by atoms with Gasteiger partial charge in [0.1, 0.15) is 0 Å². The van der Waals surface area contributed by atoms with Gasteiger partial charge in [0, 0.05) is 21.7 Å². The third kappa shape index (κ3) is 3.62. The predicted octanol–water partition coefficient (Wildman–Crippen LogP) is 3.94. The van der Waals surface area contributed by atoms with E-state index >= 15 is 0 Å². The molecule has 0 bridgehead atoms. The van der Waals surface area contributed by atoms with Crippen molar-refractivity contribution in [2.75, 3.05) is 6.54 Å². The lowest BCUT2D eigenvalue weighted by Crippen LogP contribution is -2.33. The first-order chi connectivity index (χ1) is 7.19. The Balaban J connectivity index is 2.59. The van der Waals surface area contributed by atoms with Crippen LogP contribution >= 0.6 is 11.3 Å². The fraction of sp³-hybridized carbons (Fsp3) is 0.692. The molecule has 2 unspecified atom stereocenters. The number of thiophene rings is 1. The molecule has 0 aromatic carbocycles. The number of rotatable bonds is 6. The van der Waals surface area contributed by atoms with Gasteiger partial charge in [0.15, 0.2) is 0 Å². The second kappa shape index (κ2) is 6.29. The van der Waals surface area contributed by atoms with Crippen LogP contribution in [0.25, 0.3) is 0 Å². The highest BCUT2D eigenvalue weighted by Crippen LogP contribution is 2.27. The van der Waals surface area contributed by atoms with E-state index < -0.39 is 0 Å². The molecule has 1 N–H and O–H groups in total. The molecule has 0 aliphatic carbocycles. The van der Waals surface area contributed by atoms with Crippen LogP contribution in [0.15, 0.2) is 12.1 Å². The van der Waals surface area contributed by atoms with Crippen molar-refractivity contribution in [1.82, 2.24) is 5.32 Å². The number of hydrogen-bond donors (Lipinski definition) is 1. The molecule has 1 aromatic rings. The van der Waals surface area contributed by atoms with Crippen molar-refractivity contribution in [1.29, 1.82) is 0 Å². The Bertz CT molecular complexity index is 280. The summed E-state index contributed by atoms with van der Waals surface area (Å²) in [6.45, 7) is 10.1. The molecule has 0 saturated heterocycles. The van der Waals surface area contributed by atoms with Gasteiger partial charge in [-0.05, 0) is 38.4 Å². The monoisotopic (exact) mass is 225 g/mol. The summed E-state index contributed by atoms with van der Waals surface area (Å²) in [6.07, 6.45) is 2.42. The molecule has 2 atom stereocenters. The lowest BCUT2D eigenvalue weighted by Gasteiger charge is -2.23. The highest BCUT2D eigenvalue weighted by molar-refractivity contribution is 7.12. The van der Waals surface area contributed by atoms with Crippen molar-refractivity contribution in [2.45, 2.75) is 52.5 Å². The Hall–Kier alpha value is -0.340. The minimum absolute atomic E-state index is 0.628. The molecule has 2 heteroatoms. The molecule has 15 heavy (non-hydrogen) atoms. The Morgan fingerprint density at radius 3 is 2.53 bits per heavy atom. The molecule has 1 heterocycles. The first-order valence-corrected chi connectivity index (χ1v) is 6.80. The average Bonchev–Trinajstić information content (AvgIpc) is 2.65. The zero-order valence-electron chi connectivity index (χ0n) is 10.3. The van der Waals surface area contributed by atoms with Crippen LogP contribution in [0, 0.1) is 6.92 Å². The van der Waals surface area contributed by atoms with Gasteiger partial charge in [-0.3, -0.25) is 0 Å². The standard InChI is InChI=1S/C13H23NS/c1-5-9-14-12(6-2)11(4)13-8-7-10(3)15-13/h7-8,11-12,14H,5-6,9H2,1-4H3. The van der Waals surface area contributed by atoms with Crippen LogP contribution in [0.3, 0.4) is 0 Å². The average molecular weight is 225 g/mol. The van der Waals surface area contributed by atoms with E-state index in [1.54, 1.807) is 0 Å². The second-order valence-electron chi connectivity index (χ2n) is 4.21. The molecular formula is C13H23NS. The highest BCUT2D eigenvalue weighted by Gasteiger charge is 2.17. The lowest BCUT2D eigenvalue weighted by atomic mass is 9.98. The fourth-order valence-electron chi connectivity index (χ4n) is 1.90. The van der Waals surface area contributed by atoms with Gasteiger partial charge in [-0.25, -0.2) is 0 Å². The summed E-state index contributed by atoms with van der Waals surface area (Å²) in [5.74, 6) is 0.639. The maximum absolute atomic E-state index is 3.63. The van der Waals surface area contributed by atoms with E-state index in [0.717, 1.165) is 6.54 Å². The van der Waals surface area contributed by atoms with Crippen molar-refractivity contribution in [3.8, 4) is 0 Å². The molecule has 0 spiro atoms. The van der Waals surface area contributed by atoms with Crippen LogP contribution in [0.4, 0.5) is 0 Å². The summed E-state index contributed by atoms with van der Waals surface area (Å²) in [5, 5.41) is 3.63. The smallest absolute Gasteiger partial charge is 0.0138 e. The SMILES string of the molecule is CCCNC(CC)C(C)c1ccc(C)s1. The Labute approximate surface area is 97.9 Å². The molecule has 0 radical (unpaired) electrons. The molecule has 0 saturated carbocycles. The van der Waals surface area contributed by atoms with Gasteiger partial charge in [0.05, 0.1) is 0 Å². The van der Waals surface area contributed by atoms with Crippen LogP contribution in [0.2, 0.25) is 0 Å². The van der Waals surface area contributed by atoms with Crippen LogP contribution in [-0.2, 0) is 0 Å². The molecule has 86 valence electrons. The molecule has 1 rings (SSSR count). The van der Waals surface area contributed by atoms with E-state index in [1.807, 2.05) is 11.3 Å². The topological polar surface area (TPSA) is 12.0 Å². The molecule has 0 amide bonds. The van der Waals surface area contributed by atoms with E-state index in [2.05, 4.69) is 45.1 Å². The van der Waals surface area contributed by atoms with Gasteiger partial charge in [-0.2, -0.15) is 0 Å².